The van der Waals surface area contributed by atoms with Crippen molar-refractivity contribution in [1.29, 1.82) is 0 Å². The molecule has 0 radical (unpaired) electrons. The number of hydrogen-bond acceptors (Lipinski definition) is 3. The number of amides is 1. The van der Waals surface area contributed by atoms with Crippen LogP contribution in [0.4, 0.5) is 0 Å². The van der Waals surface area contributed by atoms with Gasteiger partial charge in [0.25, 0.3) is 11.5 Å². The van der Waals surface area contributed by atoms with Gasteiger partial charge in [-0.25, -0.2) is 4.98 Å². The molecule has 6 heteroatoms. The van der Waals surface area contributed by atoms with Gasteiger partial charge in [-0.15, -0.1) is 0 Å². The van der Waals surface area contributed by atoms with E-state index in [4.69, 9.17) is 0 Å². The molecule has 2 N–H and O–H groups in total. The Bertz CT molecular complexity index is 971. The van der Waals surface area contributed by atoms with Crippen LogP contribution in [-0.2, 0) is 6.42 Å². The van der Waals surface area contributed by atoms with Crippen molar-refractivity contribution in [2.75, 3.05) is 13.1 Å². The van der Waals surface area contributed by atoms with Gasteiger partial charge in [-0.3, -0.25) is 9.59 Å². The van der Waals surface area contributed by atoms with Crippen molar-refractivity contribution in [3.8, 4) is 0 Å². The van der Waals surface area contributed by atoms with Crippen LogP contribution in [-0.4, -0.2) is 38.8 Å². The maximum absolute atomic E-state index is 12.6. The fourth-order valence-electron chi connectivity index (χ4n) is 2.85. The molecule has 2 heterocycles. The van der Waals surface area contributed by atoms with E-state index in [1.165, 1.54) is 5.56 Å². The molecule has 25 heavy (non-hydrogen) atoms. The highest BCUT2D eigenvalue weighted by molar-refractivity contribution is 5.93. The number of carbonyl (C=O) groups is 1. The second-order valence-corrected chi connectivity index (χ2v) is 6.22. The maximum atomic E-state index is 12.6. The summed E-state index contributed by atoms with van der Waals surface area (Å²) < 4.78 is 0. The average molecular weight is 338 g/mol. The molecule has 0 aliphatic carbocycles. The van der Waals surface area contributed by atoms with E-state index < -0.39 is 0 Å². The summed E-state index contributed by atoms with van der Waals surface area (Å²) in [6, 6.07) is 9.39. The molecule has 130 valence electrons. The Kier molecular flexibility index (Phi) is 4.70. The number of aromatic amines is 2. The quantitative estimate of drug-likeness (QED) is 0.750. The molecule has 0 spiro atoms. The number of nitrogens with zero attached hydrogens (tertiary/aromatic N) is 2. The first-order valence-corrected chi connectivity index (χ1v) is 8.42. The lowest BCUT2D eigenvalue weighted by atomic mass is 10.2. The lowest BCUT2D eigenvalue weighted by molar-refractivity contribution is 0.0764. The summed E-state index contributed by atoms with van der Waals surface area (Å²) in [6.07, 6.45) is 0.608. The van der Waals surface area contributed by atoms with Gasteiger partial charge in [0, 0.05) is 25.2 Å². The molecule has 3 aromatic rings. The van der Waals surface area contributed by atoms with E-state index in [0.29, 0.717) is 19.5 Å². The van der Waals surface area contributed by atoms with Crippen LogP contribution in [0.1, 0.15) is 34.4 Å². The number of aromatic nitrogens is 3. The highest BCUT2D eigenvalue weighted by atomic mass is 16.2. The fraction of sp³-hybridized carbons (Fsp3) is 0.316. The van der Waals surface area contributed by atoms with Gasteiger partial charge in [0.1, 0.15) is 11.4 Å². The van der Waals surface area contributed by atoms with Crippen molar-refractivity contribution in [1.82, 2.24) is 19.9 Å². The zero-order valence-corrected chi connectivity index (χ0v) is 14.7. The molecule has 0 unspecified atom stereocenters. The third-order valence-electron chi connectivity index (χ3n) is 4.26. The van der Waals surface area contributed by atoms with Crippen molar-refractivity contribution in [2.45, 2.75) is 27.2 Å². The molecule has 0 fully saturated rings. The second kappa shape index (κ2) is 6.93. The molecule has 0 aliphatic rings. The number of nitrogens with one attached hydrogen (secondary N) is 2. The largest absolute Gasteiger partial charge is 0.342 e. The molecule has 6 nitrogen and oxygen atoms in total. The minimum Gasteiger partial charge on any atom is -0.342 e. The predicted octanol–water partition coefficient (Wildman–Crippen LogP) is 2.57. The number of fused-ring (bicyclic) bond motifs is 1. The number of hydrogen-bond donors (Lipinski definition) is 2. The minimum absolute atomic E-state index is 0.174. The molecule has 1 aromatic carbocycles. The van der Waals surface area contributed by atoms with Crippen LogP contribution in [0.15, 0.2) is 35.1 Å². The molecule has 0 saturated heterocycles. The summed E-state index contributed by atoms with van der Waals surface area (Å²) in [7, 11) is 0. The van der Waals surface area contributed by atoms with Gasteiger partial charge in [-0.05, 0) is 50.6 Å². The van der Waals surface area contributed by atoms with E-state index in [-0.39, 0.29) is 17.0 Å². The van der Waals surface area contributed by atoms with E-state index in [2.05, 4.69) is 21.0 Å². The average Bonchev–Trinajstić information content (AvgIpc) is 2.97. The summed E-state index contributed by atoms with van der Waals surface area (Å²) in [5.74, 6) is 0.584. The number of carbonyl (C=O) groups excluding carboxylic acids is 1. The molecule has 0 bridgehead atoms. The zero-order chi connectivity index (χ0) is 18.0. The summed E-state index contributed by atoms with van der Waals surface area (Å²) in [4.78, 5) is 36.8. The maximum Gasteiger partial charge on any atom is 0.260 e. The van der Waals surface area contributed by atoms with Crippen LogP contribution in [0, 0.1) is 13.8 Å². The number of rotatable bonds is 5. The van der Waals surface area contributed by atoms with Crippen LogP contribution >= 0.6 is 0 Å². The van der Waals surface area contributed by atoms with Crippen LogP contribution in [0.2, 0.25) is 0 Å². The summed E-state index contributed by atoms with van der Waals surface area (Å²) >= 11 is 0. The van der Waals surface area contributed by atoms with Gasteiger partial charge in [-0.2, -0.15) is 0 Å². The SMILES string of the molecule is CCN(CCc1nc2ccc(C)cc2[nH]1)C(=O)c1ccc(C)[nH]c1=O. The lowest BCUT2D eigenvalue weighted by Gasteiger charge is -2.20. The van der Waals surface area contributed by atoms with E-state index in [9.17, 15) is 9.59 Å². The highest BCUT2D eigenvalue weighted by Crippen LogP contribution is 2.14. The molecular formula is C19H22N4O2. The number of aryl methyl sites for hydroxylation is 2. The van der Waals surface area contributed by atoms with Crippen molar-refractivity contribution < 1.29 is 4.79 Å². The zero-order valence-electron chi connectivity index (χ0n) is 14.7. The number of likely N-dealkylation sites (N-methyl/N-ethyl adjacent to an activating group) is 1. The summed E-state index contributed by atoms with van der Waals surface area (Å²) in [5, 5.41) is 0. The monoisotopic (exact) mass is 338 g/mol. The Morgan fingerprint density at radius 2 is 1.96 bits per heavy atom. The fourth-order valence-corrected chi connectivity index (χ4v) is 2.85. The van der Waals surface area contributed by atoms with Crippen LogP contribution < -0.4 is 5.56 Å². The van der Waals surface area contributed by atoms with Gasteiger partial charge in [0.15, 0.2) is 0 Å². The normalized spacial score (nSPS) is 11.0. The molecule has 0 saturated carbocycles. The first kappa shape index (κ1) is 17.0. The van der Waals surface area contributed by atoms with Crippen molar-refractivity contribution in [2.24, 2.45) is 0 Å². The molecular weight excluding hydrogens is 316 g/mol. The number of pyridine rings is 1. The number of imidazole rings is 1. The Morgan fingerprint density at radius 3 is 2.68 bits per heavy atom. The first-order chi connectivity index (χ1) is 12.0. The van der Waals surface area contributed by atoms with Crippen LogP contribution in [0.5, 0.6) is 0 Å². The second-order valence-electron chi connectivity index (χ2n) is 6.22. The molecule has 0 atom stereocenters. The molecule has 3 rings (SSSR count). The Balaban J connectivity index is 1.74. The topological polar surface area (TPSA) is 81.8 Å². The molecule has 2 aromatic heterocycles. The Hall–Kier alpha value is -2.89. The van der Waals surface area contributed by atoms with E-state index in [1.807, 2.05) is 26.0 Å². The van der Waals surface area contributed by atoms with Gasteiger partial charge >= 0.3 is 0 Å². The number of benzene rings is 1. The van der Waals surface area contributed by atoms with Crippen molar-refractivity contribution in [3.05, 3.63) is 63.3 Å². The van der Waals surface area contributed by atoms with Gasteiger partial charge in [0.05, 0.1) is 11.0 Å². The lowest BCUT2D eigenvalue weighted by Crippen LogP contribution is -2.36. The van der Waals surface area contributed by atoms with Crippen molar-refractivity contribution >= 4 is 16.9 Å². The van der Waals surface area contributed by atoms with Crippen LogP contribution in [0.3, 0.4) is 0 Å². The van der Waals surface area contributed by atoms with E-state index >= 15 is 0 Å². The van der Waals surface area contributed by atoms with Crippen LogP contribution in [0.25, 0.3) is 11.0 Å². The predicted molar refractivity (Wildman–Crippen MR) is 97.9 cm³/mol. The third-order valence-corrected chi connectivity index (χ3v) is 4.26. The molecule has 1 amide bonds. The van der Waals surface area contributed by atoms with E-state index in [0.717, 1.165) is 22.6 Å². The smallest absolute Gasteiger partial charge is 0.260 e. The Morgan fingerprint density at radius 1 is 1.16 bits per heavy atom. The highest BCUT2D eigenvalue weighted by Gasteiger charge is 2.18. The summed E-state index contributed by atoms with van der Waals surface area (Å²) in [6.45, 7) is 6.77. The van der Waals surface area contributed by atoms with E-state index in [1.54, 1.807) is 24.0 Å². The van der Waals surface area contributed by atoms with Gasteiger partial charge in [0.2, 0.25) is 0 Å². The Labute approximate surface area is 145 Å². The summed E-state index contributed by atoms with van der Waals surface area (Å²) in [5.41, 5.74) is 3.66. The molecule has 0 aliphatic heterocycles. The van der Waals surface area contributed by atoms with Crippen molar-refractivity contribution in [3.63, 3.8) is 0 Å². The third kappa shape index (κ3) is 3.63. The number of H-pyrrole nitrogens is 2. The minimum atomic E-state index is -0.345. The standard InChI is InChI=1S/C19H22N4O2/c1-4-23(19(25)14-7-6-13(3)20-18(14)24)10-9-17-21-15-8-5-12(2)11-16(15)22-17/h5-8,11H,4,9-10H2,1-3H3,(H,20,24)(H,21,22). The van der Waals surface area contributed by atoms with Gasteiger partial charge in [-0.1, -0.05) is 6.07 Å². The van der Waals surface area contributed by atoms with Gasteiger partial charge < -0.3 is 14.9 Å². The first-order valence-electron chi connectivity index (χ1n) is 8.42.